The van der Waals surface area contributed by atoms with E-state index < -0.39 is 10.0 Å². The third-order valence-electron chi connectivity index (χ3n) is 5.49. The Hall–Kier alpha value is -2.07. The fraction of sp³-hybridized carbons (Fsp3) is 0.333. The van der Waals surface area contributed by atoms with E-state index in [9.17, 15) is 8.42 Å². The van der Waals surface area contributed by atoms with Crippen LogP contribution in [0.25, 0.3) is 0 Å². The molecule has 2 aliphatic rings. The van der Waals surface area contributed by atoms with Crippen molar-refractivity contribution in [3.8, 4) is 0 Å². The molecule has 0 amide bonds. The van der Waals surface area contributed by atoms with E-state index in [1.807, 2.05) is 32.2 Å². The van der Waals surface area contributed by atoms with Crippen molar-refractivity contribution in [2.75, 3.05) is 0 Å². The van der Waals surface area contributed by atoms with Crippen LogP contribution in [0, 0.1) is 13.8 Å². The quantitative estimate of drug-likeness (QED) is 0.807. The Kier molecular flexibility index (Phi) is 3.76. The van der Waals surface area contributed by atoms with Crippen molar-refractivity contribution in [1.82, 2.24) is 4.31 Å². The van der Waals surface area contributed by atoms with Gasteiger partial charge in [-0.05, 0) is 62.4 Å². The zero-order chi connectivity index (χ0) is 17.8. The Balaban J connectivity index is 1.80. The van der Waals surface area contributed by atoms with Crippen LogP contribution in [0.15, 0.2) is 59.1 Å². The van der Waals surface area contributed by atoms with Crippen LogP contribution in [-0.2, 0) is 16.4 Å². The van der Waals surface area contributed by atoms with Crippen LogP contribution in [0.2, 0.25) is 0 Å². The fourth-order valence-electron chi connectivity index (χ4n) is 4.31. The number of aryl methyl sites for hydroxylation is 2. The van der Waals surface area contributed by atoms with E-state index in [-0.39, 0.29) is 12.0 Å². The third-order valence-corrected chi connectivity index (χ3v) is 7.29. The van der Waals surface area contributed by atoms with Gasteiger partial charge < -0.3 is 0 Å². The minimum Gasteiger partial charge on any atom is -0.269 e. The van der Waals surface area contributed by atoms with Crippen LogP contribution < -0.4 is 0 Å². The first kappa shape index (κ1) is 16.4. The highest BCUT2D eigenvalue weighted by Gasteiger charge is 2.43. The lowest BCUT2D eigenvalue weighted by molar-refractivity contribution is 0.336. The van der Waals surface area contributed by atoms with E-state index in [1.54, 1.807) is 16.4 Å². The van der Waals surface area contributed by atoms with Gasteiger partial charge >= 0.3 is 0 Å². The average molecular weight is 353 g/mol. The SMILES string of the molecule is CC1=CN(S(=O)(=O)c2ccc(C)cc2)[C@H]2Cc3cccc(C)c3[C@H]2C1. The molecule has 2 atom stereocenters. The van der Waals surface area contributed by atoms with Gasteiger partial charge in [0.2, 0.25) is 0 Å². The molecule has 2 aromatic carbocycles. The summed E-state index contributed by atoms with van der Waals surface area (Å²) in [6, 6.07) is 13.5. The lowest BCUT2D eigenvalue weighted by atomic mass is 9.87. The average Bonchev–Trinajstić information content (AvgIpc) is 2.94. The molecule has 4 heteroatoms. The second-order valence-corrected chi connectivity index (χ2v) is 9.20. The van der Waals surface area contributed by atoms with E-state index in [2.05, 4.69) is 25.1 Å². The highest BCUT2D eigenvalue weighted by molar-refractivity contribution is 7.89. The zero-order valence-corrected chi connectivity index (χ0v) is 15.7. The molecule has 0 unspecified atom stereocenters. The van der Waals surface area contributed by atoms with Gasteiger partial charge in [0.15, 0.2) is 0 Å². The fourth-order valence-corrected chi connectivity index (χ4v) is 5.93. The van der Waals surface area contributed by atoms with Crippen molar-refractivity contribution in [2.24, 2.45) is 0 Å². The van der Waals surface area contributed by atoms with Crippen LogP contribution in [0.1, 0.15) is 41.5 Å². The number of allylic oxidation sites excluding steroid dienone is 1. The number of hydrogen-bond acceptors (Lipinski definition) is 2. The summed E-state index contributed by atoms with van der Waals surface area (Å²) in [6.07, 6.45) is 3.57. The number of hydrogen-bond donors (Lipinski definition) is 0. The molecular formula is C21H23NO2S. The number of rotatable bonds is 2. The highest BCUT2D eigenvalue weighted by atomic mass is 32.2. The monoisotopic (exact) mass is 353 g/mol. The standard InChI is InChI=1S/C21H23NO2S/c1-14-7-9-18(10-8-14)25(23,24)22-13-15(2)11-19-20(22)12-17-6-4-5-16(3)21(17)19/h4-10,13,19-20H,11-12H2,1-3H3/t19-,20-/m0/s1. The van der Waals surface area contributed by atoms with Gasteiger partial charge in [-0.25, -0.2) is 8.42 Å². The van der Waals surface area contributed by atoms with Crippen LogP contribution in [0.3, 0.4) is 0 Å². The molecule has 0 fully saturated rings. The van der Waals surface area contributed by atoms with E-state index in [1.165, 1.54) is 16.7 Å². The molecule has 0 radical (unpaired) electrons. The van der Waals surface area contributed by atoms with Crippen LogP contribution in [-0.4, -0.2) is 18.8 Å². The first-order valence-corrected chi connectivity index (χ1v) is 10.2. The molecule has 0 saturated carbocycles. The van der Waals surface area contributed by atoms with E-state index >= 15 is 0 Å². The van der Waals surface area contributed by atoms with Crippen LogP contribution in [0.4, 0.5) is 0 Å². The first-order chi connectivity index (χ1) is 11.9. The summed E-state index contributed by atoms with van der Waals surface area (Å²) in [7, 11) is -3.54. The van der Waals surface area contributed by atoms with Crippen LogP contribution >= 0.6 is 0 Å². The molecule has 2 aromatic rings. The van der Waals surface area contributed by atoms with E-state index in [4.69, 9.17) is 0 Å². The molecule has 3 nitrogen and oxygen atoms in total. The summed E-state index contributed by atoms with van der Waals surface area (Å²) < 4.78 is 28.2. The van der Waals surface area contributed by atoms with Gasteiger partial charge in [0.25, 0.3) is 10.0 Å². The molecular weight excluding hydrogens is 330 g/mol. The van der Waals surface area contributed by atoms with E-state index in [0.717, 1.165) is 24.0 Å². The normalized spacial score (nSPS) is 22.4. The van der Waals surface area contributed by atoms with Crippen molar-refractivity contribution in [3.63, 3.8) is 0 Å². The van der Waals surface area contributed by atoms with E-state index in [0.29, 0.717) is 4.90 Å². The number of benzene rings is 2. The Morgan fingerprint density at radius 2 is 1.68 bits per heavy atom. The maximum atomic E-state index is 13.3. The van der Waals surface area contributed by atoms with Gasteiger partial charge in [-0.1, -0.05) is 41.5 Å². The summed E-state index contributed by atoms with van der Waals surface area (Å²) in [5, 5.41) is 0. The summed E-state index contributed by atoms with van der Waals surface area (Å²) >= 11 is 0. The minimum atomic E-state index is -3.54. The maximum Gasteiger partial charge on any atom is 0.264 e. The summed E-state index contributed by atoms with van der Waals surface area (Å²) in [5.41, 5.74) is 6.10. The molecule has 0 saturated heterocycles. The third kappa shape index (κ3) is 2.60. The smallest absolute Gasteiger partial charge is 0.264 e. The van der Waals surface area contributed by atoms with Gasteiger partial charge in [0.1, 0.15) is 0 Å². The predicted octanol–water partition coefficient (Wildman–Crippen LogP) is 4.31. The predicted molar refractivity (Wildman–Crippen MR) is 100.0 cm³/mol. The highest BCUT2D eigenvalue weighted by Crippen LogP contribution is 2.46. The van der Waals surface area contributed by atoms with Gasteiger partial charge in [0.05, 0.1) is 10.9 Å². The summed E-state index contributed by atoms with van der Waals surface area (Å²) in [5.74, 6) is 0.251. The van der Waals surface area contributed by atoms with Crippen molar-refractivity contribution in [3.05, 3.63) is 76.5 Å². The Bertz CT molecular complexity index is 958. The molecule has 130 valence electrons. The topological polar surface area (TPSA) is 37.4 Å². The summed E-state index contributed by atoms with van der Waals surface area (Å²) in [4.78, 5) is 0.371. The number of sulfonamides is 1. The molecule has 25 heavy (non-hydrogen) atoms. The Labute approximate surface area is 150 Å². The minimum absolute atomic E-state index is 0.0221. The van der Waals surface area contributed by atoms with Crippen molar-refractivity contribution >= 4 is 10.0 Å². The molecule has 0 aromatic heterocycles. The molecule has 4 rings (SSSR count). The molecule has 0 spiro atoms. The van der Waals surface area contributed by atoms with Gasteiger partial charge in [-0.3, -0.25) is 4.31 Å². The van der Waals surface area contributed by atoms with Crippen molar-refractivity contribution in [2.45, 2.75) is 50.5 Å². The molecule has 0 bridgehead atoms. The lowest BCUT2D eigenvalue weighted by Crippen LogP contribution is -2.41. The molecule has 1 heterocycles. The Morgan fingerprint density at radius 1 is 0.960 bits per heavy atom. The van der Waals surface area contributed by atoms with Gasteiger partial charge in [-0.2, -0.15) is 0 Å². The zero-order valence-electron chi connectivity index (χ0n) is 14.9. The van der Waals surface area contributed by atoms with Crippen molar-refractivity contribution < 1.29 is 8.42 Å². The number of fused-ring (bicyclic) bond motifs is 3. The second-order valence-electron chi connectivity index (χ2n) is 7.35. The number of nitrogens with zero attached hydrogens (tertiary/aromatic N) is 1. The lowest BCUT2D eigenvalue weighted by Gasteiger charge is -2.36. The molecule has 1 aliphatic heterocycles. The molecule has 0 N–H and O–H groups in total. The first-order valence-electron chi connectivity index (χ1n) is 8.74. The maximum absolute atomic E-state index is 13.3. The van der Waals surface area contributed by atoms with Crippen molar-refractivity contribution in [1.29, 1.82) is 0 Å². The van der Waals surface area contributed by atoms with Crippen LogP contribution in [0.5, 0.6) is 0 Å². The molecule has 1 aliphatic carbocycles. The second kappa shape index (κ2) is 5.73. The van der Waals surface area contributed by atoms with Gasteiger partial charge in [0, 0.05) is 12.1 Å². The largest absolute Gasteiger partial charge is 0.269 e. The van der Waals surface area contributed by atoms with Gasteiger partial charge in [-0.15, -0.1) is 0 Å². The summed E-state index contributed by atoms with van der Waals surface area (Å²) in [6.45, 7) is 6.13. The Morgan fingerprint density at radius 3 is 2.40 bits per heavy atom.